The van der Waals surface area contributed by atoms with E-state index in [1.165, 1.54) is 11.2 Å². The average molecular weight is 373 g/mol. The first-order valence-electron chi connectivity index (χ1n) is 8.29. The molecule has 0 saturated heterocycles. The molecule has 9 nitrogen and oxygen atoms in total. The SMILES string of the molecule is C=CN1NN=C(OOC(C)(C)C)C(OOC(C)(C)C)=C1OOC(C)(C)C. The lowest BCUT2D eigenvalue weighted by Gasteiger charge is -2.30. The lowest BCUT2D eigenvalue weighted by Crippen LogP contribution is -2.40. The zero-order valence-corrected chi connectivity index (χ0v) is 17.1. The molecule has 0 radical (unpaired) electrons. The normalized spacial score (nSPS) is 16.0. The minimum atomic E-state index is -0.594. The third kappa shape index (κ3) is 7.94. The largest absolute Gasteiger partial charge is 0.326 e. The Morgan fingerprint density at radius 3 is 1.73 bits per heavy atom. The summed E-state index contributed by atoms with van der Waals surface area (Å²) in [5.41, 5.74) is 0.926. The summed E-state index contributed by atoms with van der Waals surface area (Å²) in [7, 11) is 0. The van der Waals surface area contributed by atoms with Crippen LogP contribution < -0.4 is 5.53 Å². The fourth-order valence-electron chi connectivity index (χ4n) is 1.22. The van der Waals surface area contributed by atoms with Gasteiger partial charge in [0, 0.05) is 6.20 Å². The first-order chi connectivity index (χ1) is 11.7. The molecule has 1 aliphatic heterocycles. The summed E-state index contributed by atoms with van der Waals surface area (Å²) < 4.78 is 0. The average Bonchev–Trinajstić information content (AvgIpc) is 2.46. The summed E-state index contributed by atoms with van der Waals surface area (Å²) >= 11 is 0. The van der Waals surface area contributed by atoms with Crippen LogP contribution in [0.1, 0.15) is 62.3 Å². The Hall–Kier alpha value is -1.97. The molecular formula is C17H31N3O6. The van der Waals surface area contributed by atoms with E-state index in [9.17, 15) is 0 Å². The fraction of sp³-hybridized carbons (Fsp3) is 0.706. The smallest absolute Gasteiger partial charge is 0.325 e. The van der Waals surface area contributed by atoms with E-state index in [1.54, 1.807) is 0 Å². The molecule has 0 unspecified atom stereocenters. The number of hydrogen-bond acceptors (Lipinski definition) is 9. The molecule has 0 bridgehead atoms. The molecule has 0 saturated carbocycles. The van der Waals surface area contributed by atoms with Crippen LogP contribution in [0, 0.1) is 0 Å². The Morgan fingerprint density at radius 1 is 0.808 bits per heavy atom. The fourth-order valence-corrected chi connectivity index (χ4v) is 1.22. The van der Waals surface area contributed by atoms with E-state index in [-0.39, 0.29) is 17.5 Å². The lowest BCUT2D eigenvalue weighted by molar-refractivity contribution is -0.355. The second-order valence-electron chi connectivity index (χ2n) is 8.54. The minimum Gasteiger partial charge on any atom is -0.325 e. The molecule has 0 fully saturated rings. The van der Waals surface area contributed by atoms with Crippen LogP contribution in [-0.4, -0.2) is 27.7 Å². The standard InChI is InChI=1S/C17H31N3O6/c1-11-20-14(23-26-17(8,9)10)12(21-24-15(2,3)4)13(18-19-20)22-25-16(5,6)7/h11,19H,1H2,2-10H3. The summed E-state index contributed by atoms with van der Waals surface area (Å²) in [5, 5.41) is 5.38. The Balaban J connectivity index is 3.15. The maximum absolute atomic E-state index is 5.44. The maximum Gasteiger partial charge on any atom is 0.326 e. The van der Waals surface area contributed by atoms with E-state index >= 15 is 0 Å². The molecule has 0 atom stereocenters. The van der Waals surface area contributed by atoms with Crippen molar-refractivity contribution in [2.45, 2.75) is 79.1 Å². The van der Waals surface area contributed by atoms with Crippen LogP contribution in [0.4, 0.5) is 0 Å². The van der Waals surface area contributed by atoms with Crippen LogP contribution >= 0.6 is 0 Å². The topological polar surface area (TPSA) is 83.0 Å². The van der Waals surface area contributed by atoms with Crippen molar-refractivity contribution in [2.75, 3.05) is 0 Å². The van der Waals surface area contributed by atoms with Crippen LogP contribution in [0.3, 0.4) is 0 Å². The van der Waals surface area contributed by atoms with Gasteiger partial charge in [-0.2, -0.15) is 14.7 Å². The van der Waals surface area contributed by atoms with Crippen molar-refractivity contribution >= 4 is 5.90 Å². The number of hydrazine groups is 1. The molecule has 0 aromatic heterocycles. The van der Waals surface area contributed by atoms with Gasteiger partial charge in [-0.15, -0.1) is 5.10 Å². The molecule has 9 heteroatoms. The second kappa shape index (κ2) is 8.15. The number of nitrogens with zero attached hydrogens (tertiary/aromatic N) is 2. The van der Waals surface area contributed by atoms with Gasteiger partial charge < -0.3 is 14.7 Å². The van der Waals surface area contributed by atoms with Gasteiger partial charge in [-0.05, 0) is 62.3 Å². The van der Waals surface area contributed by atoms with Gasteiger partial charge in [0.15, 0.2) is 0 Å². The summed E-state index contributed by atoms with van der Waals surface area (Å²) in [6, 6.07) is 0. The Morgan fingerprint density at radius 2 is 1.27 bits per heavy atom. The van der Waals surface area contributed by atoms with Crippen LogP contribution in [0.5, 0.6) is 0 Å². The second-order valence-corrected chi connectivity index (χ2v) is 8.54. The van der Waals surface area contributed by atoms with E-state index in [0.717, 1.165) is 0 Å². The van der Waals surface area contributed by atoms with Crippen molar-refractivity contribution in [3.8, 4) is 0 Å². The number of nitrogens with one attached hydrogen (secondary N) is 1. The monoisotopic (exact) mass is 373 g/mol. The Labute approximate surface area is 155 Å². The van der Waals surface area contributed by atoms with Crippen molar-refractivity contribution in [3.63, 3.8) is 0 Å². The Bertz CT molecular complexity index is 552. The van der Waals surface area contributed by atoms with Crippen molar-refractivity contribution < 1.29 is 29.3 Å². The number of rotatable bonds is 6. The van der Waals surface area contributed by atoms with Crippen LogP contribution in [0.2, 0.25) is 0 Å². The van der Waals surface area contributed by atoms with Gasteiger partial charge in [0.1, 0.15) is 16.8 Å². The van der Waals surface area contributed by atoms with Gasteiger partial charge in [-0.1, -0.05) is 6.58 Å². The first kappa shape index (κ1) is 22.1. The maximum atomic E-state index is 5.44. The van der Waals surface area contributed by atoms with Gasteiger partial charge in [0.2, 0.25) is 0 Å². The third-order valence-electron chi connectivity index (χ3n) is 2.17. The molecule has 26 heavy (non-hydrogen) atoms. The van der Waals surface area contributed by atoms with Crippen LogP contribution in [-0.2, 0) is 29.3 Å². The lowest BCUT2D eigenvalue weighted by atomic mass is 10.2. The third-order valence-corrected chi connectivity index (χ3v) is 2.17. The highest BCUT2D eigenvalue weighted by Crippen LogP contribution is 2.24. The quantitative estimate of drug-likeness (QED) is 0.558. The number of hydrogen-bond donors (Lipinski definition) is 1. The van der Waals surface area contributed by atoms with Crippen LogP contribution in [0.15, 0.2) is 29.5 Å². The molecule has 1 N–H and O–H groups in total. The number of hydrazone groups is 1. The van der Waals surface area contributed by atoms with Gasteiger partial charge in [0.05, 0.1) is 0 Å². The molecule has 1 rings (SSSR count). The Kier molecular flexibility index (Phi) is 6.92. The van der Waals surface area contributed by atoms with Crippen molar-refractivity contribution in [1.82, 2.24) is 10.5 Å². The summed E-state index contributed by atoms with van der Waals surface area (Å²) in [5.74, 6) is 0.0727. The van der Waals surface area contributed by atoms with Crippen molar-refractivity contribution in [1.29, 1.82) is 0 Å². The molecule has 1 aliphatic rings. The zero-order valence-electron chi connectivity index (χ0n) is 17.1. The van der Waals surface area contributed by atoms with E-state index in [4.69, 9.17) is 29.3 Å². The minimum absolute atomic E-state index is 0.0204. The van der Waals surface area contributed by atoms with Crippen molar-refractivity contribution in [3.05, 3.63) is 24.4 Å². The van der Waals surface area contributed by atoms with Gasteiger partial charge >= 0.3 is 11.8 Å². The molecule has 0 aromatic carbocycles. The van der Waals surface area contributed by atoms with E-state index in [2.05, 4.69) is 17.2 Å². The van der Waals surface area contributed by atoms with Crippen LogP contribution in [0.25, 0.3) is 0 Å². The van der Waals surface area contributed by atoms with Gasteiger partial charge in [-0.3, -0.25) is 0 Å². The summed E-state index contributed by atoms with van der Waals surface area (Å²) in [4.78, 5) is 32.3. The highest BCUT2D eigenvalue weighted by molar-refractivity contribution is 5.91. The van der Waals surface area contributed by atoms with Gasteiger partial charge in [0.25, 0.3) is 5.76 Å². The molecule has 150 valence electrons. The highest BCUT2D eigenvalue weighted by Gasteiger charge is 2.34. The molecule has 0 amide bonds. The highest BCUT2D eigenvalue weighted by atomic mass is 17.2. The summed E-state index contributed by atoms with van der Waals surface area (Å²) in [6.45, 7) is 20.2. The molecule has 0 aliphatic carbocycles. The molecule has 0 aromatic rings. The van der Waals surface area contributed by atoms with E-state index in [1.807, 2.05) is 62.3 Å². The predicted octanol–water partition coefficient (Wildman–Crippen LogP) is 3.67. The molecule has 0 spiro atoms. The van der Waals surface area contributed by atoms with Crippen molar-refractivity contribution in [2.24, 2.45) is 5.10 Å². The van der Waals surface area contributed by atoms with E-state index in [0.29, 0.717) is 0 Å². The first-order valence-corrected chi connectivity index (χ1v) is 8.29. The molecule has 1 heterocycles. The summed E-state index contributed by atoms with van der Waals surface area (Å²) in [6.07, 6.45) is 1.42. The van der Waals surface area contributed by atoms with E-state index < -0.39 is 16.8 Å². The zero-order chi connectivity index (χ0) is 20.2. The predicted molar refractivity (Wildman–Crippen MR) is 95.4 cm³/mol. The molecular weight excluding hydrogens is 342 g/mol. The van der Waals surface area contributed by atoms with Gasteiger partial charge in [-0.25, -0.2) is 10.5 Å².